The third kappa shape index (κ3) is 1.75. The highest BCUT2D eigenvalue weighted by Gasteiger charge is 2.43. The number of rotatable bonds is 3. The topological polar surface area (TPSA) is 40.0 Å². The molecule has 0 bridgehead atoms. The van der Waals surface area contributed by atoms with Crippen LogP contribution in [-0.4, -0.2) is 36.7 Å². The lowest BCUT2D eigenvalue weighted by Gasteiger charge is -2.34. The average Bonchev–Trinajstić information content (AvgIpc) is 3.00. The molecule has 3 rings (SSSR count). The molecule has 1 aliphatic heterocycles. The molecular weight excluding hydrogens is 188 g/mol. The molecule has 0 spiro atoms. The maximum Gasteiger partial charge on any atom is 0.0950 e. The standard InChI is InChI=1S/C11H20N4/c1-12-7-8-2-5-10-11(6-8)15(14-13-10)9-3-4-9/h8-12H,2-7H2,1H3. The largest absolute Gasteiger partial charge is 0.319 e. The summed E-state index contributed by atoms with van der Waals surface area (Å²) in [5.41, 5.74) is 0. The van der Waals surface area contributed by atoms with Crippen molar-refractivity contribution in [3.63, 3.8) is 0 Å². The second-order valence-electron chi connectivity index (χ2n) is 5.19. The minimum absolute atomic E-state index is 0.513. The quantitative estimate of drug-likeness (QED) is 0.765. The Morgan fingerprint density at radius 2 is 2.13 bits per heavy atom. The summed E-state index contributed by atoms with van der Waals surface area (Å²) in [6.45, 7) is 1.15. The monoisotopic (exact) mass is 208 g/mol. The lowest BCUT2D eigenvalue weighted by atomic mass is 9.82. The van der Waals surface area contributed by atoms with Gasteiger partial charge in [0.15, 0.2) is 0 Å². The minimum atomic E-state index is 0.513. The summed E-state index contributed by atoms with van der Waals surface area (Å²) in [6.07, 6.45) is 6.51. The van der Waals surface area contributed by atoms with Gasteiger partial charge >= 0.3 is 0 Å². The summed E-state index contributed by atoms with van der Waals surface area (Å²) < 4.78 is 0. The fourth-order valence-corrected chi connectivity index (χ4v) is 2.98. The van der Waals surface area contributed by atoms with E-state index < -0.39 is 0 Å². The SMILES string of the molecule is CNCC1CCC2N=NN(C3CC3)C2C1. The highest BCUT2D eigenvalue weighted by atomic mass is 15.6. The number of fused-ring (bicyclic) bond motifs is 1. The summed E-state index contributed by atoms with van der Waals surface area (Å²) in [4.78, 5) is 0. The molecule has 1 heterocycles. The number of hydrogen-bond donors (Lipinski definition) is 1. The van der Waals surface area contributed by atoms with Crippen LogP contribution in [0.25, 0.3) is 0 Å². The van der Waals surface area contributed by atoms with Gasteiger partial charge in [-0.05, 0) is 51.6 Å². The van der Waals surface area contributed by atoms with Crippen molar-refractivity contribution in [1.82, 2.24) is 10.3 Å². The first kappa shape index (κ1) is 9.58. The van der Waals surface area contributed by atoms with Crippen LogP contribution in [0, 0.1) is 5.92 Å². The summed E-state index contributed by atoms with van der Waals surface area (Å²) >= 11 is 0. The molecule has 0 radical (unpaired) electrons. The molecule has 4 nitrogen and oxygen atoms in total. The Morgan fingerprint density at radius 3 is 2.87 bits per heavy atom. The molecule has 3 unspecified atom stereocenters. The van der Waals surface area contributed by atoms with Crippen LogP contribution in [0.1, 0.15) is 32.1 Å². The molecule has 2 saturated carbocycles. The Kier molecular flexibility index (Phi) is 2.39. The van der Waals surface area contributed by atoms with Gasteiger partial charge in [0, 0.05) is 6.04 Å². The van der Waals surface area contributed by atoms with Crippen LogP contribution in [0.3, 0.4) is 0 Å². The molecule has 3 aliphatic rings. The fourth-order valence-electron chi connectivity index (χ4n) is 2.98. The van der Waals surface area contributed by atoms with Gasteiger partial charge in [0.2, 0.25) is 0 Å². The molecule has 84 valence electrons. The zero-order chi connectivity index (χ0) is 10.3. The maximum atomic E-state index is 4.43. The first-order chi connectivity index (χ1) is 7.38. The van der Waals surface area contributed by atoms with E-state index >= 15 is 0 Å². The van der Waals surface area contributed by atoms with E-state index in [9.17, 15) is 0 Å². The van der Waals surface area contributed by atoms with Crippen molar-refractivity contribution in [3.8, 4) is 0 Å². The van der Waals surface area contributed by atoms with Gasteiger partial charge in [0.25, 0.3) is 0 Å². The van der Waals surface area contributed by atoms with Crippen molar-refractivity contribution >= 4 is 0 Å². The van der Waals surface area contributed by atoms with Crippen molar-refractivity contribution in [2.45, 2.75) is 50.2 Å². The van der Waals surface area contributed by atoms with Gasteiger partial charge in [0.1, 0.15) is 0 Å². The van der Waals surface area contributed by atoms with E-state index in [1.807, 2.05) is 7.05 Å². The summed E-state index contributed by atoms with van der Waals surface area (Å²) in [7, 11) is 2.05. The summed E-state index contributed by atoms with van der Waals surface area (Å²) in [5, 5.41) is 14.4. The third-order valence-electron chi connectivity index (χ3n) is 3.95. The Bertz CT molecular complexity index is 261. The van der Waals surface area contributed by atoms with Gasteiger partial charge in [-0.3, -0.25) is 5.01 Å². The van der Waals surface area contributed by atoms with E-state index in [1.54, 1.807) is 0 Å². The van der Waals surface area contributed by atoms with Crippen LogP contribution >= 0.6 is 0 Å². The van der Waals surface area contributed by atoms with Crippen molar-refractivity contribution in [2.75, 3.05) is 13.6 Å². The minimum Gasteiger partial charge on any atom is -0.319 e. The number of hydrogen-bond acceptors (Lipinski definition) is 4. The van der Waals surface area contributed by atoms with Crippen LogP contribution in [0.2, 0.25) is 0 Å². The van der Waals surface area contributed by atoms with Crippen LogP contribution in [0.15, 0.2) is 10.3 Å². The van der Waals surface area contributed by atoms with E-state index in [0.29, 0.717) is 12.1 Å². The van der Waals surface area contributed by atoms with Crippen molar-refractivity contribution in [2.24, 2.45) is 16.3 Å². The number of nitrogens with zero attached hydrogens (tertiary/aromatic N) is 3. The van der Waals surface area contributed by atoms with Gasteiger partial charge in [0.05, 0.1) is 12.1 Å². The second kappa shape index (κ2) is 3.74. The smallest absolute Gasteiger partial charge is 0.0950 e. The van der Waals surface area contributed by atoms with Crippen molar-refractivity contribution < 1.29 is 0 Å². The molecule has 0 saturated heterocycles. The van der Waals surface area contributed by atoms with Gasteiger partial charge in [-0.15, -0.1) is 0 Å². The van der Waals surface area contributed by atoms with E-state index in [0.717, 1.165) is 18.5 Å². The molecule has 0 aromatic rings. The lowest BCUT2D eigenvalue weighted by Crippen LogP contribution is -2.42. The van der Waals surface area contributed by atoms with Crippen LogP contribution in [0.5, 0.6) is 0 Å². The molecular formula is C11H20N4. The van der Waals surface area contributed by atoms with E-state index in [2.05, 4.69) is 20.7 Å². The van der Waals surface area contributed by atoms with E-state index in [4.69, 9.17) is 0 Å². The van der Waals surface area contributed by atoms with Crippen LogP contribution in [-0.2, 0) is 0 Å². The maximum absolute atomic E-state index is 4.43. The Labute approximate surface area is 91.1 Å². The third-order valence-corrected chi connectivity index (χ3v) is 3.95. The first-order valence-electron chi connectivity index (χ1n) is 6.22. The fraction of sp³-hybridized carbons (Fsp3) is 1.00. The van der Waals surface area contributed by atoms with Crippen LogP contribution in [0.4, 0.5) is 0 Å². The summed E-state index contributed by atoms with van der Waals surface area (Å²) in [5.74, 6) is 0.834. The van der Waals surface area contributed by atoms with Gasteiger partial charge in [-0.1, -0.05) is 5.22 Å². The molecule has 2 aliphatic carbocycles. The predicted molar refractivity (Wildman–Crippen MR) is 58.6 cm³/mol. The molecule has 3 atom stereocenters. The molecule has 2 fully saturated rings. The number of nitrogens with one attached hydrogen (secondary N) is 1. The van der Waals surface area contributed by atoms with Gasteiger partial charge in [-0.2, -0.15) is 5.11 Å². The van der Waals surface area contributed by atoms with Gasteiger partial charge < -0.3 is 5.32 Å². The second-order valence-corrected chi connectivity index (χ2v) is 5.19. The lowest BCUT2D eigenvalue weighted by molar-refractivity contribution is 0.146. The normalized spacial score (nSPS) is 39.5. The van der Waals surface area contributed by atoms with Crippen molar-refractivity contribution in [1.29, 1.82) is 0 Å². The first-order valence-corrected chi connectivity index (χ1v) is 6.22. The predicted octanol–water partition coefficient (Wildman–Crippen LogP) is 1.59. The zero-order valence-corrected chi connectivity index (χ0v) is 9.39. The highest BCUT2D eigenvalue weighted by molar-refractivity contribution is 4.98. The summed E-state index contributed by atoms with van der Waals surface area (Å²) in [6, 6.07) is 1.88. The average molecular weight is 208 g/mol. The molecule has 4 heteroatoms. The zero-order valence-electron chi connectivity index (χ0n) is 9.39. The van der Waals surface area contributed by atoms with E-state index in [1.165, 1.54) is 32.1 Å². The molecule has 0 aromatic heterocycles. The Balaban J connectivity index is 1.64. The van der Waals surface area contributed by atoms with Crippen LogP contribution < -0.4 is 5.32 Å². The Morgan fingerprint density at radius 1 is 1.27 bits per heavy atom. The molecule has 1 N–H and O–H groups in total. The van der Waals surface area contributed by atoms with E-state index in [-0.39, 0.29) is 0 Å². The molecule has 15 heavy (non-hydrogen) atoms. The highest BCUT2D eigenvalue weighted by Crippen LogP contribution is 2.40. The molecule has 0 aromatic carbocycles. The molecule has 0 amide bonds. The van der Waals surface area contributed by atoms with Gasteiger partial charge in [-0.25, -0.2) is 0 Å². The van der Waals surface area contributed by atoms with Crippen molar-refractivity contribution in [3.05, 3.63) is 0 Å². The Hall–Kier alpha value is -0.640.